The maximum absolute atomic E-state index is 12.7. The number of hydrogen-bond acceptors (Lipinski definition) is 3. The van der Waals surface area contributed by atoms with Gasteiger partial charge in [0.05, 0.1) is 5.75 Å². The van der Waals surface area contributed by atoms with Crippen molar-refractivity contribution in [3.63, 3.8) is 0 Å². The maximum atomic E-state index is 12.7. The zero-order valence-corrected chi connectivity index (χ0v) is 18.8. The number of nitrogens with one attached hydrogen (secondary N) is 1. The van der Waals surface area contributed by atoms with Gasteiger partial charge in [-0.3, -0.25) is 14.5 Å². The highest BCUT2D eigenvalue weighted by molar-refractivity contribution is 8.00. The molecule has 1 aliphatic rings. The number of rotatable bonds is 5. The predicted molar refractivity (Wildman–Crippen MR) is 129 cm³/mol. The Morgan fingerprint density at radius 1 is 1.03 bits per heavy atom. The lowest BCUT2D eigenvalue weighted by molar-refractivity contribution is -0.115. The summed E-state index contributed by atoms with van der Waals surface area (Å²) in [6, 6.07) is 23.5. The third kappa shape index (κ3) is 4.52. The van der Waals surface area contributed by atoms with Crippen molar-refractivity contribution in [3.05, 3.63) is 95.1 Å². The van der Waals surface area contributed by atoms with Crippen LogP contribution in [0.3, 0.4) is 0 Å². The van der Waals surface area contributed by atoms with Gasteiger partial charge in [0.1, 0.15) is 5.37 Å². The Morgan fingerprint density at radius 2 is 1.77 bits per heavy atom. The van der Waals surface area contributed by atoms with Crippen LogP contribution in [0.4, 0.5) is 11.4 Å². The molecule has 1 N–H and O–H groups in total. The first-order chi connectivity index (χ1) is 14.9. The van der Waals surface area contributed by atoms with Crippen LogP contribution in [0.25, 0.3) is 0 Å². The molecular weight excluding hydrogens is 404 g/mol. The molecule has 0 saturated carbocycles. The Hall–Kier alpha value is -3.05. The number of carbonyl (C=O) groups excluding carboxylic acids is 2. The summed E-state index contributed by atoms with van der Waals surface area (Å²) in [7, 11) is 0. The first-order valence-corrected chi connectivity index (χ1v) is 11.5. The van der Waals surface area contributed by atoms with Crippen LogP contribution < -0.4 is 10.2 Å². The van der Waals surface area contributed by atoms with Gasteiger partial charge in [0.2, 0.25) is 5.91 Å². The van der Waals surface area contributed by atoms with Gasteiger partial charge in [-0.15, -0.1) is 11.8 Å². The van der Waals surface area contributed by atoms with Gasteiger partial charge < -0.3 is 5.32 Å². The first kappa shape index (κ1) is 21.2. The Kier molecular flexibility index (Phi) is 6.14. The summed E-state index contributed by atoms with van der Waals surface area (Å²) in [6.45, 7) is 6.24. The second-order valence-corrected chi connectivity index (χ2v) is 9.14. The van der Waals surface area contributed by atoms with Crippen molar-refractivity contribution in [1.82, 2.24) is 0 Å². The van der Waals surface area contributed by atoms with E-state index in [4.69, 9.17) is 0 Å². The van der Waals surface area contributed by atoms with E-state index in [1.165, 1.54) is 5.56 Å². The number of thioether (sulfide) groups is 1. The molecule has 0 spiro atoms. The second-order valence-electron chi connectivity index (χ2n) is 8.07. The lowest BCUT2D eigenvalue weighted by Gasteiger charge is -2.25. The van der Waals surface area contributed by atoms with Crippen molar-refractivity contribution in [1.29, 1.82) is 0 Å². The lowest BCUT2D eigenvalue weighted by atomic mass is 10.0. The molecule has 5 heteroatoms. The van der Waals surface area contributed by atoms with E-state index in [2.05, 4.69) is 31.3 Å². The van der Waals surface area contributed by atoms with Gasteiger partial charge in [0, 0.05) is 16.9 Å². The molecule has 4 nitrogen and oxygen atoms in total. The summed E-state index contributed by atoms with van der Waals surface area (Å²) in [4.78, 5) is 27.3. The summed E-state index contributed by atoms with van der Waals surface area (Å²) in [5.74, 6) is 0.853. The largest absolute Gasteiger partial charge is 0.322 e. The molecule has 3 aromatic rings. The number of hydrogen-bond donors (Lipinski definition) is 1. The molecule has 2 amide bonds. The van der Waals surface area contributed by atoms with E-state index in [0.717, 1.165) is 22.5 Å². The molecule has 0 aromatic heterocycles. The summed E-state index contributed by atoms with van der Waals surface area (Å²) in [5.41, 5.74) is 5.46. The van der Waals surface area contributed by atoms with Gasteiger partial charge in [-0.1, -0.05) is 56.3 Å². The van der Waals surface area contributed by atoms with E-state index in [1.807, 2.05) is 72.5 Å². The molecule has 0 unspecified atom stereocenters. The zero-order chi connectivity index (χ0) is 22.0. The van der Waals surface area contributed by atoms with E-state index >= 15 is 0 Å². The van der Waals surface area contributed by atoms with Gasteiger partial charge in [0.25, 0.3) is 5.91 Å². The molecule has 4 rings (SSSR count). The summed E-state index contributed by atoms with van der Waals surface area (Å²) in [5, 5.41) is 2.88. The Morgan fingerprint density at radius 3 is 2.48 bits per heavy atom. The van der Waals surface area contributed by atoms with Crippen LogP contribution in [0.5, 0.6) is 0 Å². The van der Waals surface area contributed by atoms with E-state index in [1.54, 1.807) is 11.8 Å². The van der Waals surface area contributed by atoms with Crippen molar-refractivity contribution in [2.45, 2.75) is 32.1 Å². The van der Waals surface area contributed by atoms with Crippen LogP contribution in [-0.4, -0.2) is 17.6 Å². The highest BCUT2D eigenvalue weighted by Gasteiger charge is 2.34. The van der Waals surface area contributed by atoms with E-state index in [9.17, 15) is 9.59 Å². The van der Waals surface area contributed by atoms with Gasteiger partial charge in [-0.05, 0) is 59.9 Å². The molecule has 158 valence electrons. The minimum atomic E-state index is -0.133. The predicted octanol–water partition coefficient (Wildman–Crippen LogP) is 6.15. The molecular formula is C26H26N2O2S. The average Bonchev–Trinajstić information content (AvgIpc) is 3.15. The normalized spacial score (nSPS) is 16.1. The quantitative estimate of drug-likeness (QED) is 0.528. The average molecular weight is 431 g/mol. The van der Waals surface area contributed by atoms with Crippen LogP contribution in [-0.2, 0) is 4.79 Å². The fourth-order valence-corrected chi connectivity index (χ4v) is 4.93. The minimum Gasteiger partial charge on any atom is -0.322 e. The SMILES string of the molecule is Cc1ccccc1C(=O)Nc1cccc([C@@H]2SCC(=O)N2c2ccc(C(C)C)cc2)c1. The number of amides is 2. The van der Waals surface area contributed by atoms with E-state index in [0.29, 0.717) is 17.2 Å². The molecule has 3 aromatic carbocycles. The first-order valence-electron chi connectivity index (χ1n) is 10.4. The van der Waals surface area contributed by atoms with Gasteiger partial charge in [-0.2, -0.15) is 0 Å². The minimum absolute atomic E-state index is 0.0987. The smallest absolute Gasteiger partial charge is 0.255 e. The van der Waals surface area contributed by atoms with E-state index < -0.39 is 0 Å². The van der Waals surface area contributed by atoms with Crippen LogP contribution in [0.1, 0.15) is 52.2 Å². The topological polar surface area (TPSA) is 49.4 Å². The monoisotopic (exact) mass is 430 g/mol. The van der Waals surface area contributed by atoms with Crippen LogP contribution in [0.2, 0.25) is 0 Å². The van der Waals surface area contributed by atoms with Crippen molar-refractivity contribution in [3.8, 4) is 0 Å². The van der Waals surface area contributed by atoms with Crippen molar-refractivity contribution >= 4 is 35.0 Å². The van der Waals surface area contributed by atoms with Crippen LogP contribution >= 0.6 is 11.8 Å². The number of nitrogens with zero attached hydrogens (tertiary/aromatic N) is 1. The third-order valence-electron chi connectivity index (χ3n) is 5.53. The van der Waals surface area contributed by atoms with Crippen LogP contribution in [0, 0.1) is 6.92 Å². The van der Waals surface area contributed by atoms with E-state index in [-0.39, 0.29) is 17.2 Å². The fourth-order valence-electron chi connectivity index (χ4n) is 3.77. The molecule has 31 heavy (non-hydrogen) atoms. The number of benzene rings is 3. The van der Waals surface area contributed by atoms with Gasteiger partial charge in [0.15, 0.2) is 0 Å². The van der Waals surface area contributed by atoms with Crippen LogP contribution in [0.15, 0.2) is 72.8 Å². The summed E-state index contributed by atoms with van der Waals surface area (Å²) in [6.07, 6.45) is 0. The molecule has 1 atom stereocenters. The zero-order valence-electron chi connectivity index (χ0n) is 18.0. The number of aryl methyl sites for hydroxylation is 1. The lowest BCUT2D eigenvalue weighted by Crippen LogP contribution is -2.27. The highest BCUT2D eigenvalue weighted by Crippen LogP contribution is 2.42. The molecule has 0 radical (unpaired) electrons. The molecule has 1 saturated heterocycles. The van der Waals surface area contributed by atoms with Gasteiger partial charge >= 0.3 is 0 Å². The van der Waals surface area contributed by atoms with Crippen molar-refractivity contribution in [2.24, 2.45) is 0 Å². The molecule has 0 bridgehead atoms. The molecule has 1 aliphatic heterocycles. The summed E-state index contributed by atoms with van der Waals surface area (Å²) >= 11 is 1.61. The Labute approximate surface area is 187 Å². The Bertz CT molecular complexity index is 1110. The fraction of sp³-hybridized carbons (Fsp3) is 0.231. The van der Waals surface area contributed by atoms with Gasteiger partial charge in [-0.25, -0.2) is 0 Å². The molecule has 1 fully saturated rings. The van der Waals surface area contributed by atoms with Crippen molar-refractivity contribution in [2.75, 3.05) is 16.0 Å². The maximum Gasteiger partial charge on any atom is 0.255 e. The molecule has 1 heterocycles. The standard InChI is InChI=1S/C26H26N2O2S/c1-17(2)19-11-13-22(14-12-19)28-24(29)16-31-26(28)20-8-6-9-21(15-20)27-25(30)23-10-5-4-7-18(23)3/h4-15,17,26H,16H2,1-3H3,(H,27,30)/t26-/m0/s1. The summed E-state index contributed by atoms with van der Waals surface area (Å²) < 4.78 is 0. The second kappa shape index (κ2) is 8.98. The van der Waals surface area contributed by atoms with Crippen molar-refractivity contribution < 1.29 is 9.59 Å². The number of carbonyl (C=O) groups is 2. The highest BCUT2D eigenvalue weighted by atomic mass is 32.2. The molecule has 0 aliphatic carbocycles. The third-order valence-corrected chi connectivity index (χ3v) is 6.74. The number of anilines is 2. The Balaban J connectivity index is 1.58.